The van der Waals surface area contributed by atoms with Crippen LogP contribution in [0.5, 0.6) is 0 Å². The summed E-state index contributed by atoms with van der Waals surface area (Å²) in [5.41, 5.74) is 0.859. The molecule has 3 rings (SSSR count). The molecule has 0 radical (unpaired) electrons. The Morgan fingerprint density at radius 2 is 1.48 bits per heavy atom. The van der Waals surface area contributed by atoms with E-state index < -0.39 is 17.6 Å². The number of hydrogen-bond acceptors (Lipinski definition) is 3. The van der Waals surface area contributed by atoms with Gasteiger partial charge in [-0.3, -0.25) is 9.59 Å². The average Bonchev–Trinajstić information content (AvgIpc) is 2.72. The van der Waals surface area contributed by atoms with Crippen LogP contribution in [0.4, 0.5) is 5.69 Å². The van der Waals surface area contributed by atoms with Crippen LogP contribution in [0.3, 0.4) is 0 Å². The molecule has 21 heavy (non-hydrogen) atoms. The SMILES string of the molecule is O=C1C(O)=C(c2ccc(Cl)cc2)C(=O)N1c1ccccc1. The molecule has 4 nitrogen and oxygen atoms in total. The third kappa shape index (κ3) is 2.19. The maximum absolute atomic E-state index is 12.5. The quantitative estimate of drug-likeness (QED) is 0.867. The normalized spacial score (nSPS) is 15.0. The van der Waals surface area contributed by atoms with Gasteiger partial charge in [0.15, 0.2) is 5.76 Å². The van der Waals surface area contributed by atoms with Crippen LogP contribution in [0.25, 0.3) is 5.57 Å². The summed E-state index contributed by atoms with van der Waals surface area (Å²) in [7, 11) is 0. The van der Waals surface area contributed by atoms with Gasteiger partial charge in [0.1, 0.15) is 0 Å². The van der Waals surface area contributed by atoms with Gasteiger partial charge in [0.05, 0.1) is 11.3 Å². The van der Waals surface area contributed by atoms with Crippen molar-refractivity contribution in [2.45, 2.75) is 0 Å². The van der Waals surface area contributed by atoms with Gasteiger partial charge in [-0.15, -0.1) is 0 Å². The van der Waals surface area contributed by atoms with E-state index in [1.807, 2.05) is 0 Å². The Bertz CT molecular complexity index is 751. The van der Waals surface area contributed by atoms with E-state index in [1.165, 1.54) is 0 Å². The van der Waals surface area contributed by atoms with Crippen molar-refractivity contribution >= 4 is 34.7 Å². The van der Waals surface area contributed by atoms with E-state index in [2.05, 4.69) is 0 Å². The predicted molar refractivity (Wildman–Crippen MR) is 79.9 cm³/mol. The number of aliphatic hydroxyl groups excluding tert-OH is 1. The zero-order valence-corrected chi connectivity index (χ0v) is 11.5. The summed E-state index contributed by atoms with van der Waals surface area (Å²) in [6, 6.07) is 14.9. The summed E-state index contributed by atoms with van der Waals surface area (Å²) in [6.45, 7) is 0. The minimum atomic E-state index is -0.726. The standard InChI is InChI=1S/C16H10ClNO3/c17-11-8-6-10(7-9-11)13-14(19)16(21)18(15(13)20)12-4-2-1-3-5-12/h1-9,19H. The van der Waals surface area contributed by atoms with E-state index in [4.69, 9.17) is 11.6 Å². The molecule has 0 spiro atoms. The van der Waals surface area contributed by atoms with E-state index in [-0.39, 0.29) is 5.57 Å². The van der Waals surface area contributed by atoms with Crippen LogP contribution >= 0.6 is 11.6 Å². The van der Waals surface area contributed by atoms with E-state index in [9.17, 15) is 14.7 Å². The van der Waals surface area contributed by atoms with Gasteiger partial charge >= 0.3 is 5.91 Å². The molecule has 104 valence electrons. The lowest BCUT2D eigenvalue weighted by molar-refractivity contribution is -0.121. The Kier molecular flexibility index (Phi) is 3.23. The first-order valence-corrected chi connectivity index (χ1v) is 6.60. The number of aliphatic hydroxyl groups is 1. The molecule has 2 aromatic carbocycles. The topological polar surface area (TPSA) is 57.6 Å². The van der Waals surface area contributed by atoms with Crippen molar-refractivity contribution in [1.82, 2.24) is 0 Å². The van der Waals surface area contributed by atoms with E-state index in [0.717, 1.165) is 4.90 Å². The molecule has 1 aliphatic rings. The van der Waals surface area contributed by atoms with Crippen LogP contribution in [0.15, 0.2) is 60.4 Å². The Morgan fingerprint density at radius 1 is 0.857 bits per heavy atom. The Hall–Kier alpha value is -2.59. The minimum Gasteiger partial charge on any atom is -0.502 e. The van der Waals surface area contributed by atoms with Crippen LogP contribution in [0.2, 0.25) is 5.02 Å². The van der Waals surface area contributed by atoms with Crippen LogP contribution in [-0.4, -0.2) is 16.9 Å². The Labute approximate surface area is 125 Å². The highest BCUT2D eigenvalue weighted by Crippen LogP contribution is 2.32. The fourth-order valence-corrected chi connectivity index (χ4v) is 2.33. The van der Waals surface area contributed by atoms with Crippen LogP contribution in [0.1, 0.15) is 5.56 Å². The van der Waals surface area contributed by atoms with Crippen molar-refractivity contribution < 1.29 is 14.7 Å². The van der Waals surface area contributed by atoms with Crippen molar-refractivity contribution in [2.75, 3.05) is 4.90 Å². The number of benzene rings is 2. The number of carbonyl (C=O) groups excluding carboxylic acids is 2. The van der Waals surface area contributed by atoms with Crippen molar-refractivity contribution in [1.29, 1.82) is 0 Å². The molecule has 1 N–H and O–H groups in total. The molecule has 2 aromatic rings. The Morgan fingerprint density at radius 3 is 2.10 bits per heavy atom. The van der Waals surface area contributed by atoms with Gasteiger partial charge in [-0.05, 0) is 29.8 Å². The fraction of sp³-hybridized carbons (Fsp3) is 0. The molecule has 0 unspecified atom stereocenters. The lowest BCUT2D eigenvalue weighted by Gasteiger charge is -2.14. The summed E-state index contributed by atoms with van der Waals surface area (Å²) >= 11 is 5.80. The van der Waals surface area contributed by atoms with Crippen molar-refractivity contribution in [3.63, 3.8) is 0 Å². The van der Waals surface area contributed by atoms with Gasteiger partial charge < -0.3 is 5.11 Å². The zero-order valence-electron chi connectivity index (χ0n) is 10.8. The number of hydrogen-bond donors (Lipinski definition) is 1. The first-order valence-electron chi connectivity index (χ1n) is 6.22. The van der Waals surface area contributed by atoms with Crippen molar-refractivity contribution in [3.05, 3.63) is 70.9 Å². The summed E-state index contributed by atoms with van der Waals surface area (Å²) in [5, 5.41) is 10.5. The van der Waals surface area contributed by atoms with Gasteiger partial charge in [0.2, 0.25) is 0 Å². The van der Waals surface area contributed by atoms with Gasteiger partial charge in [-0.2, -0.15) is 0 Å². The minimum absolute atomic E-state index is 0.0134. The molecule has 0 fully saturated rings. The molecule has 0 aromatic heterocycles. The molecule has 0 aliphatic carbocycles. The maximum atomic E-state index is 12.5. The Balaban J connectivity index is 2.05. The second-order valence-corrected chi connectivity index (χ2v) is 4.95. The number of imide groups is 1. The zero-order chi connectivity index (χ0) is 15.0. The number of amides is 2. The molecule has 0 saturated carbocycles. The van der Waals surface area contributed by atoms with Crippen LogP contribution in [-0.2, 0) is 9.59 Å². The first-order chi connectivity index (χ1) is 10.1. The number of carbonyl (C=O) groups is 2. The summed E-state index contributed by atoms with van der Waals surface area (Å²) in [5.74, 6) is -1.83. The van der Waals surface area contributed by atoms with Gasteiger partial charge in [-0.25, -0.2) is 4.90 Å². The molecular formula is C16H10ClNO3. The van der Waals surface area contributed by atoms with Crippen molar-refractivity contribution in [3.8, 4) is 0 Å². The molecule has 0 atom stereocenters. The first kappa shape index (κ1) is 13.4. The van der Waals surface area contributed by atoms with Crippen molar-refractivity contribution in [2.24, 2.45) is 0 Å². The van der Waals surface area contributed by atoms with Gasteiger partial charge in [0, 0.05) is 5.02 Å². The largest absolute Gasteiger partial charge is 0.502 e. The summed E-state index contributed by atoms with van der Waals surface area (Å²) < 4.78 is 0. The van der Waals surface area contributed by atoms with Crippen LogP contribution in [0, 0.1) is 0 Å². The third-order valence-electron chi connectivity index (χ3n) is 3.21. The summed E-state index contributed by atoms with van der Waals surface area (Å²) in [4.78, 5) is 25.6. The van der Waals surface area contributed by atoms with E-state index in [0.29, 0.717) is 16.3 Å². The average molecular weight is 300 g/mol. The molecule has 0 saturated heterocycles. The number of rotatable bonds is 2. The third-order valence-corrected chi connectivity index (χ3v) is 3.46. The molecule has 5 heteroatoms. The number of para-hydroxylation sites is 1. The smallest absolute Gasteiger partial charge is 0.301 e. The predicted octanol–water partition coefficient (Wildman–Crippen LogP) is 3.18. The van der Waals surface area contributed by atoms with E-state index in [1.54, 1.807) is 54.6 Å². The molecule has 0 bridgehead atoms. The number of anilines is 1. The van der Waals surface area contributed by atoms with Crippen LogP contribution < -0.4 is 4.90 Å². The maximum Gasteiger partial charge on any atom is 0.301 e. The summed E-state index contributed by atoms with van der Waals surface area (Å²) in [6.07, 6.45) is 0. The fourth-order valence-electron chi connectivity index (χ4n) is 2.21. The monoisotopic (exact) mass is 299 g/mol. The molecule has 2 amide bonds. The highest BCUT2D eigenvalue weighted by molar-refractivity contribution is 6.45. The number of halogens is 1. The van der Waals surface area contributed by atoms with Gasteiger partial charge in [0.25, 0.3) is 5.91 Å². The highest BCUT2D eigenvalue weighted by Gasteiger charge is 2.40. The molecule has 1 heterocycles. The molecular weight excluding hydrogens is 290 g/mol. The lowest BCUT2D eigenvalue weighted by atomic mass is 10.1. The van der Waals surface area contributed by atoms with Gasteiger partial charge in [-0.1, -0.05) is 41.9 Å². The molecule has 1 aliphatic heterocycles. The van der Waals surface area contributed by atoms with E-state index >= 15 is 0 Å². The number of nitrogens with zero attached hydrogens (tertiary/aromatic N) is 1. The lowest BCUT2D eigenvalue weighted by Crippen LogP contribution is -2.31. The highest BCUT2D eigenvalue weighted by atomic mass is 35.5. The second-order valence-electron chi connectivity index (χ2n) is 4.51. The second kappa shape index (κ2) is 5.07.